The normalized spacial score (nSPS) is 11.5. The quantitative estimate of drug-likeness (QED) is 0.470. The molecule has 2 aromatic carbocycles. The van der Waals surface area contributed by atoms with E-state index in [-0.39, 0.29) is 11.8 Å². The third kappa shape index (κ3) is 5.45. The zero-order valence-corrected chi connectivity index (χ0v) is 19.7. The third-order valence-corrected chi connectivity index (χ3v) is 5.54. The van der Waals surface area contributed by atoms with Crippen LogP contribution >= 0.6 is 0 Å². The van der Waals surface area contributed by atoms with Crippen LogP contribution in [-0.4, -0.2) is 41.8 Å². The summed E-state index contributed by atoms with van der Waals surface area (Å²) in [5, 5.41) is 0. The lowest BCUT2D eigenvalue weighted by molar-refractivity contribution is -0.107. The number of carbonyl (C=O) groups is 1. The van der Waals surface area contributed by atoms with Gasteiger partial charge in [0.1, 0.15) is 17.8 Å². The molecular weight excluding hydrogens is 396 g/mol. The average molecular weight is 431 g/mol. The van der Waals surface area contributed by atoms with Crippen LogP contribution in [0.25, 0.3) is 0 Å². The number of ether oxygens (including phenoxy) is 5. The van der Waals surface area contributed by atoms with E-state index >= 15 is 0 Å². The molecule has 0 atom stereocenters. The number of aldehydes is 1. The molecule has 0 aliphatic rings. The molecule has 0 aliphatic heterocycles. The van der Waals surface area contributed by atoms with E-state index in [1.165, 1.54) is 0 Å². The second-order valence-electron chi connectivity index (χ2n) is 7.95. The van der Waals surface area contributed by atoms with E-state index in [1.54, 1.807) is 35.5 Å². The van der Waals surface area contributed by atoms with Crippen LogP contribution in [-0.2, 0) is 50.7 Å². The Labute approximate surface area is 185 Å². The lowest BCUT2D eigenvalue weighted by atomic mass is 9.75. The lowest BCUT2D eigenvalue weighted by Crippen LogP contribution is -2.21. The van der Waals surface area contributed by atoms with Gasteiger partial charge in [-0.15, -0.1) is 0 Å². The topological polar surface area (TPSA) is 63.2 Å². The summed E-state index contributed by atoms with van der Waals surface area (Å²) < 4.78 is 27.5. The number of rotatable bonds is 12. The lowest BCUT2D eigenvalue weighted by Gasteiger charge is -2.30. The molecule has 0 aliphatic carbocycles. The summed E-state index contributed by atoms with van der Waals surface area (Å²) in [4.78, 5) is 11.3. The molecule has 6 nitrogen and oxygen atoms in total. The van der Waals surface area contributed by atoms with E-state index in [1.807, 2.05) is 6.07 Å². The van der Waals surface area contributed by atoms with Gasteiger partial charge in [0.15, 0.2) is 0 Å². The molecule has 0 aromatic heterocycles. The van der Waals surface area contributed by atoms with Crippen LogP contribution in [0.2, 0.25) is 0 Å². The van der Waals surface area contributed by atoms with Gasteiger partial charge < -0.3 is 28.5 Å². The van der Waals surface area contributed by atoms with Gasteiger partial charge >= 0.3 is 0 Å². The molecule has 0 radical (unpaired) electrons. The first-order valence-corrected chi connectivity index (χ1v) is 10.2. The van der Waals surface area contributed by atoms with Crippen LogP contribution in [0.3, 0.4) is 0 Å². The Balaban J connectivity index is 2.71. The van der Waals surface area contributed by atoms with Gasteiger partial charge in [-0.3, -0.25) is 0 Å². The Kier molecular flexibility index (Phi) is 9.04. The molecule has 2 aromatic rings. The van der Waals surface area contributed by atoms with Crippen LogP contribution in [0.1, 0.15) is 47.2 Å². The fourth-order valence-corrected chi connectivity index (χ4v) is 3.95. The van der Waals surface area contributed by atoms with Crippen molar-refractivity contribution in [2.75, 3.05) is 35.5 Å². The largest absolute Gasteiger partial charge is 0.496 e. The summed E-state index contributed by atoms with van der Waals surface area (Å²) in [7, 11) is 8.25. The van der Waals surface area contributed by atoms with E-state index < -0.39 is 0 Å². The first-order chi connectivity index (χ1) is 14.9. The summed E-state index contributed by atoms with van der Waals surface area (Å²) in [6.07, 6.45) is 1.17. The van der Waals surface area contributed by atoms with Crippen molar-refractivity contribution < 1.29 is 28.5 Å². The summed E-state index contributed by atoms with van der Waals surface area (Å²) in [6.45, 7) is 5.57. The van der Waals surface area contributed by atoms with Gasteiger partial charge in [0.05, 0.1) is 34.0 Å². The molecule has 0 saturated heterocycles. The van der Waals surface area contributed by atoms with Crippen LogP contribution in [0.15, 0.2) is 24.3 Å². The fraction of sp³-hybridized carbons (Fsp3) is 0.480. The summed E-state index contributed by atoms with van der Waals surface area (Å²) >= 11 is 0. The van der Waals surface area contributed by atoms with Gasteiger partial charge in [0.25, 0.3) is 0 Å². The van der Waals surface area contributed by atoms with E-state index in [0.29, 0.717) is 25.6 Å². The van der Waals surface area contributed by atoms with E-state index in [0.717, 1.165) is 45.4 Å². The molecule has 2 rings (SSSR count). The van der Waals surface area contributed by atoms with Crippen molar-refractivity contribution in [3.63, 3.8) is 0 Å². The zero-order valence-electron chi connectivity index (χ0n) is 19.7. The first-order valence-electron chi connectivity index (χ1n) is 10.2. The van der Waals surface area contributed by atoms with Gasteiger partial charge in [-0.1, -0.05) is 19.9 Å². The highest BCUT2D eigenvalue weighted by Gasteiger charge is 2.28. The van der Waals surface area contributed by atoms with Crippen LogP contribution in [0, 0.1) is 0 Å². The Morgan fingerprint density at radius 2 is 1.03 bits per heavy atom. The van der Waals surface area contributed by atoms with Gasteiger partial charge in [-0.25, -0.2) is 0 Å². The van der Waals surface area contributed by atoms with E-state index in [4.69, 9.17) is 23.7 Å². The molecule has 0 heterocycles. The minimum absolute atomic E-state index is 0.274. The molecule has 6 heteroatoms. The standard InChI is InChI=1S/C25H34O6/c1-25(2,21-10-17(8-9-26)23(30-6)18(11-21)14-27-3)22-12-19(15-28-4)24(31-7)20(13-22)16-29-5/h9-13H,8,14-16H2,1-7H3. The zero-order chi connectivity index (χ0) is 23.0. The van der Waals surface area contributed by atoms with Gasteiger partial charge in [-0.2, -0.15) is 0 Å². The van der Waals surface area contributed by atoms with E-state index in [9.17, 15) is 4.79 Å². The Hall–Kier alpha value is -2.41. The molecule has 170 valence electrons. The molecule has 31 heavy (non-hydrogen) atoms. The SMILES string of the molecule is COCc1cc(C(C)(C)c2cc(COC)c(OC)c(COC)c2)cc(CC=O)c1OC. The van der Waals surface area contributed by atoms with Gasteiger partial charge in [-0.05, 0) is 29.3 Å². The number of hydrogen-bond acceptors (Lipinski definition) is 6. The highest BCUT2D eigenvalue weighted by atomic mass is 16.5. The molecule has 0 spiro atoms. The van der Waals surface area contributed by atoms with Crippen LogP contribution in [0.5, 0.6) is 11.5 Å². The van der Waals surface area contributed by atoms with Crippen molar-refractivity contribution in [1.82, 2.24) is 0 Å². The molecule has 0 fully saturated rings. The van der Waals surface area contributed by atoms with Crippen molar-refractivity contribution in [2.24, 2.45) is 0 Å². The van der Waals surface area contributed by atoms with Crippen molar-refractivity contribution in [3.05, 3.63) is 57.6 Å². The average Bonchev–Trinajstić information content (AvgIpc) is 2.74. The van der Waals surface area contributed by atoms with E-state index in [2.05, 4.69) is 32.0 Å². The van der Waals surface area contributed by atoms with Crippen molar-refractivity contribution in [3.8, 4) is 11.5 Å². The maximum Gasteiger partial charge on any atom is 0.129 e. The molecule has 0 N–H and O–H groups in total. The second-order valence-corrected chi connectivity index (χ2v) is 7.95. The fourth-order valence-electron chi connectivity index (χ4n) is 3.95. The third-order valence-electron chi connectivity index (χ3n) is 5.54. The monoisotopic (exact) mass is 430 g/mol. The highest BCUT2D eigenvalue weighted by Crippen LogP contribution is 2.39. The maximum absolute atomic E-state index is 11.3. The smallest absolute Gasteiger partial charge is 0.129 e. The summed E-state index contributed by atoms with van der Waals surface area (Å²) in [5.41, 5.74) is 5.46. The van der Waals surface area contributed by atoms with Gasteiger partial charge in [0, 0.05) is 55.4 Å². The van der Waals surface area contributed by atoms with Crippen molar-refractivity contribution >= 4 is 6.29 Å². The molecule has 0 saturated carbocycles. The molecular formula is C25H34O6. The van der Waals surface area contributed by atoms with Crippen LogP contribution in [0.4, 0.5) is 0 Å². The minimum Gasteiger partial charge on any atom is -0.496 e. The maximum atomic E-state index is 11.3. The second kappa shape index (κ2) is 11.3. The Morgan fingerprint density at radius 1 is 0.677 bits per heavy atom. The van der Waals surface area contributed by atoms with Gasteiger partial charge in [0.2, 0.25) is 0 Å². The first kappa shape index (κ1) is 24.9. The number of benzene rings is 2. The molecule has 0 amide bonds. The summed E-state index contributed by atoms with van der Waals surface area (Å²) in [6, 6.07) is 8.36. The highest BCUT2D eigenvalue weighted by molar-refractivity contribution is 5.61. The molecule has 0 bridgehead atoms. The number of carbonyl (C=O) groups excluding carboxylic acids is 1. The van der Waals surface area contributed by atoms with Crippen molar-refractivity contribution in [1.29, 1.82) is 0 Å². The summed E-state index contributed by atoms with van der Waals surface area (Å²) in [5.74, 6) is 1.48. The number of hydrogen-bond donors (Lipinski definition) is 0. The van der Waals surface area contributed by atoms with Crippen molar-refractivity contribution in [2.45, 2.75) is 45.5 Å². The van der Waals surface area contributed by atoms with Crippen LogP contribution < -0.4 is 9.47 Å². The predicted octanol–water partition coefficient (Wildman–Crippen LogP) is 4.21. The molecule has 0 unspecified atom stereocenters. The number of methoxy groups -OCH3 is 5. The minimum atomic E-state index is -0.371. The predicted molar refractivity (Wildman–Crippen MR) is 120 cm³/mol. The Morgan fingerprint density at radius 3 is 1.35 bits per heavy atom. The Bertz CT molecular complexity index is 861.